The molecule has 17 heavy (non-hydrogen) atoms. The van der Waals surface area contributed by atoms with Crippen LogP contribution in [-0.2, 0) is 0 Å². The maximum Gasteiger partial charge on any atom is 0.254 e. The quantitative estimate of drug-likeness (QED) is 0.855. The maximum absolute atomic E-state index is 11.9. The number of rotatable bonds is 4. The summed E-state index contributed by atoms with van der Waals surface area (Å²) in [4.78, 5) is 13.5. The van der Waals surface area contributed by atoms with Gasteiger partial charge in [0, 0.05) is 18.7 Å². The van der Waals surface area contributed by atoms with Gasteiger partial charge in [0.25, 0.3) is 5.91 Å². The number of ether oxygens (including phenoxy) is 1. The fourth-order valence-electron chi connectivity index (χ4n) is 1.72. The van der Waals surface area contributed by atoms with Crippen LogP contribution in [-0.4, -0.2) is 41.7 Å². The van der Waals surface area contributed by atoms with Gasteiger partial charge >= 0.3 is 0 Å². The summed E-state index contributed by atoms with van der Waals surface area (Å²) in [7, 11) is 0. The minimum atomic E-state index is -0.355. The molecule has 1 fully saturated rings. The van der Waals surface area contributed by atoms with Gasteiger partial charge in [0.05, 0.1) is 12.7 Å². The van der Waals surface area contributed by atoms with Crippen molar-refractivity contribution in [3.63, 3.8) is 0 Å². The number of likely N-dealkylation sites (tertiary alicyclic amines) is 1. The number of β-amino-alcohol motifs (C(OH)–C–C–N with tert-alkyl or cyclic N) is 1. The van der Waals surface area contributed by atoms with Gasteiger partial charge in [0.2, 0.25) is 0 Å². The Kier molecular flexibility index (Phi) is 3.64. The molecule has 0 aromatic heterocycles. The first-order chi connectivity index (χ1) is 8.20. The minimum Gasteiger partial charge on any atom is -0.494 e. The normalized spacial score (nSPS) is 15.5. The van der Waals surface area contributed by atoms with Crippen molar-refractivity contribution in [1.29, 1.82) is 0 Å². The average Bonchev–Trinajstić information content (AvgIpc) is 2.32. The summed E-state index contributed by atoms with van der Waals surface area (Å²) in [6.45, 7) is 3.61. The predicted octanol–water partition coefficient (Wildman–Crippen LogP) is 1.29. The number of hydrogen-bond donors (Lipinski definition) is 1. The SMILES string of the molecule is CCCOc1ccc(C(=O)N2CC(O)C2)cc1. The summed E-state index contributed by atoms with van der Waals surface area (Å²) >= 11 is 0. The van der Waals surface area contributed by atoms with E-state index in [1.54, 1.807) is 29.2 Å². The average molecular weight is 235 g/mol. The van der Waals surface area contributed by atoms with Gasteiger partial charge in [-0.05, 0) is 30.7 Å². The van der Waals surface area contributed by atoms with E-state index in [4.69, 9.17) is 9.84 Å². The highest BCUT2D eigenvalue weighted by atomic mass is 16.5. The van der Waals surface area contributed by atoms with Crippen LogP contribution in [0.4, 0.5) is 0 Å². The van der Waals surface area contributed by atoms with Gasteiger partial charge < -0.3 is 14.7 Å². The predicted molar refractivity (Wildman–Crippen MR) is 64.1 cm³/mol. The largest absolute Gasteiger partial charge is 0.494 e. The van der Waals surface area contributed by atoms with Crippen LogP contribution >= 0.6 is 0 Å². The van der Waals surface area contributed by atoms with Crippen LogP contribution < -0.4 is 4.74 Å². The molecule has 1 saturated heterocycles. The van der Waals surface area contributed by atoms with Crippen LogP contribution in [0, 0.1) is 0 Å². The lowest BCUT2D eigenvalue weighted by Crippen LogP contribution is -2.53. The van der Waals surface area contributed by atoms with E-state index >= 15 is 0 Å². The van der Waals surface area contributed by atoms with Crippen molar-refractivity contribution in [1.82, 2.24) is 4.90 Å². The maximum atomic E-state index is 11.9. The highest BCUT2D eigenvalue weighted by Gasteiger charge is 2.29. The molecule has 0 aliphatic carbocycles. The molecule has 1 heterocycles. The smallest absolute Gasteiger partial charge is 0.254 e. The molecule has 1 amide bonds. The Hall–Kier alpha value is -1.55. The van der Waals surface area contributed by atoms with Crippen molar-refractivity contribution in [2.24, 2.45) is 0 Å². The Morgan fingerprint density at radius 1 is 1.41 bits per heavy atom. The fourth-order valence-corrected chi connectivity index (χ4v) is 1.72. The number of nitrogens with zero attached hydrogens (tertiary/aromatic N) is 1. The van der Waals surface area contributed by atoms with Crippen LogP contribution in [0.25, 0.3) is 0 Å². The Morgan fingerprint density at radius 3 is 2.59 bits per heavy atom. The van der Waals surface area contributed by atoms with Crippen LogP contribution in [0.1, 0.15) is 23.7 Å². The number of benzene rings is 1. The second-order valence-electron chi connectivity index (χ2n) is 4.24. The minimum absolute atomic E-state index is 0.0302. The first kappa shape index (κ1) is 11.9. The van der Waals surface area contributed by atoms with E-state index in [-0.39, 0.29) is 12.0 Å². The van der Waals surface area contributed by atoms with E-state index < -0.39 is 0 Å². The van der Waals surface area contributed by atoms with E-state index in [0.717, 1.165) is 12.2 Å². The van der Waals surface area contributed by atoms with Gasteiger partial charge in [-0.3, -0.25) is 4.79 Å². The highest BCUT2D eigenvalue weighted by Crippen LogP contribution is 2.17. The molecule has 0 spiro atoms. The van der Waals surface area contributed by atoms with Gasteiger partial charge in [-0.25, -0.2) is 0 Å². The summed E-state index contributed by atoms with van der Waals surface area (Å²) in [5.41, 5.74) is 0.640. The molecular weight excluding hydrogens is 218 g/mol. The first-order valence-corrected chi connectivity index (χ1v) is 5.91. The van der Waals surface area contributed by atoms with Gasteiger partial charge in [-0.1, -0.05) is 6.92 Å². The van der Waals surface area contributed by atoms with Crippen LogP contribution in [0.2, 0.25) is 0 Å². The molecule has 1 N–H and O–H groups in total. The van der Waals surface area contributed by atoms with Crippen molar-refractivity contribution < 1.29 is 14.6 Å². The molecule has 2 rings (SSSR count). The van der Waals surface area contributed by atoms with Gasteiger partial charge in [0.15, 0.2) is 0 Å². The van der Waals surface area contributed by atoms with Crippen molar-refractivity contribution in [2.45, 2.75) is 19.4 Å². The number of carbonyl (C=O) groups excluding carboxylic acids is 1. The highest BCUT2D eigenvalue weighted by molar-refractivity contribution is 5.94. The van der Waals surface area contributed by atoms with Gasteiger partial charge in [-0.15, -0.1) is 0 Å². The molecule has 0 saturated carbocycles. The Labute approximate surface area is 101 Å². The number of hydrogen-bond acceptors (Lipinski definition) is 3. The third-order valence-electron chi connectivity index (χ3n) is 2.72. The third-order valence-corrected chi connectivity index (χ3v) is 2.72. The number of aliphatic hydroxyl groups is 1. The standard InChI is InChI=1S/C13H17NO3/c1-2-7-17-12-5-3-10(4-6-12)13(16)14-8-11(15)9-14/h3-6,11,15H,2,7-9H2,1H3. The lowest BCUT2D eigenvalue weighted by Gasteiger charge is -2.35. The molecule has 0 unspecified atom stereocenters. The summed E-state index contributed by atoms with van der Waals surface area (Å²) < 4.78 is 5.44. The summed E-state index contributed by atoms with van der Waals surface area (Å²) in [5, 5.41) is 9.14. The zero-order chi connectivity index (χ0) is 12.3. The zero-order valence-electron chi connectivity index (χ0n) is 9.93. The molecular formula is C13H17NO3. The molecule has 0 atom stereocenters. The molecule has 1 aliphatic heterocycles. The lowest BCUT2D eigenvalue weighted by molar-refractivity contribution is 0.00589. The van der Waals surface area contributed by atoms with Crippen LogP contribution in [0.5, 0.6) is 5.75 Å². The molecule has 1 aromatic rings. The number of amides is 1. The second kappa shape index (κ2) is 5.19. The second-order valence-corrected chi connectivity index (χ2v) is 4.24. The molecule has 1 aliphatic rings. The van der Waals surface area contributed by atoms with E-state index in [2.05, 4.69) is 0 Å². The van der Waals surface area contributed by atoms with Crippen molar-refractivity contribution in [3.05, 3.63) is 29.8 Å². The Balaban J connectivity index is 1.95. The monoisotopic (exact) mass is 235 g/mol. The van der Waals surface area contributed by atoms with Crippen LogP contribution in [0.15, 0.2) is 24.3 Å². The van der Waals surface area contributed by atoms with E-state index in [1.165, 1.54) is 0 Å². The number of aliphatic hydroxyl groups excluding tert-OH is 1. The molecule has 92 valence electrons. The van der Waals surface area contributed by atoms with E-state index in [0.29, 0.717) is 25.3 Å². The van der Waals surface area contributed by atoms with Crippen molar-refractivity contribution >= 4 is 5.91 Å². The van der Waals surface area contributed by atoms with Crippen molar-refractivity contribution in [3.8, 4) is 5.75 Å². The molecule has 1 aromatic carbocycles. The molecule has 4 nitrogen and oxygen atoms in total. The molecule has 0 bridgehead atoms. The fraction of sp³-hybridized carbons (Fsp3) is 0.462. The third kappa shape index (κ3) is 2.77. The van der Waals surface area contributed by atoms with Gasteiger partial charge in [-0.2, -0.15) is 0 Å². The first-order valence-electron chi connectivity index (χ1n) is 5.91. The summed E-state index contributed by atoms with van der Waals surface area (Å²) in [5.74, 6) is 0.754. The Bertz CT molecular complexity index is 382. The van der Waals surface area contributed by atoms with Crippen molar-refractivity contribution in [2.75, 3.05) is 19.7 Å². The summed E-state index contributed by atoms with van der Waals surface area (Å²) in [6.07, 6.45) is 0.609. The van der Waals surface area contributed by atoms with E-state index in [9.17, 15) is 4.79 Å². The van der Waals surface area contributed by atoms with Gasteiger partial charge in [0.1, 0.15) is 5.75 Å². The summed E-state index contributed by atoms with van der Waals surface area (Å²) in [6, 6.07) is 7.13. The zero-order valence-corrected chi connectivity index (χ0v) is 9.93. The van der Waals surface area contributed by atoms with E-state index in [1.807, 2.05) is 6.92 Å². The molecule has 4 heteroatoms. The topological polar surface area (TPSA) is 49.8 Å². The number of carbonyl (C=O) groups is 1. The lowest BCUT2D eigenvalue weighted by atomic mass is 10.1. The molecule has 0 radical (unpaired) electrons. The Morgan fingerprint density at radius 2 is 2.06 bits per heavy atom. The van der Waals surface area contributed by atoms with Crippen LogP contribution in [0.3, 0.4) is 0 Å².